The summed E-state index contributed by atoms with van der Waals surface area (Å²) in [6, 6.07) is 7.22. The van der Waals surface area contributed by atoms with Crippen LogP contribution in [0.25, 0.3) is 0 Å². The summed E-state index contributed by atoms with van der Waals surface area (Å²) < 4.78 is 5.61. The van der Waals surface area contributed by atoms with Crippen LogP contribution >= 0.6 is 0 Å². The number of nitrogens with zero attached hydrogens (tertiary/aromatic N) is 9. The van der Waals surface area contributed by atoms with Gasteiger partial charge in [0, 0.05) is 56.5 Å². The molecule has 3 aromatic rings. The molecule has 1 aromatic carbocycles. The van der Waals surface area contributed by atoms with E-state index in [9.17, 15) is 10.1 Å². The highest BCUT2D eigenvalue weighted by atomic mass is 16.6. The van der Waals surface area contributed by atoms with E-state index in [1.54, 1.807) is 6.07 Å². The minimum absolute atomic E-state index is 0.0407. The van der Waals surface area contributed by atoms with E-state index in [4.69, 9.17) is 14.7 Å². The predicted octanol–water partition coefficient (Wildman–Crippen LogP) is 2.96. The second-order valence-electron chi connectivity index (χ2n) is 10.9. The molecule has 0 aliphatic carbocycles. The number of rotatable bonds is 9. The maximum Gasteiger partial charge on any atom is 0.294 e. The quantitative estimate of drug-likeness (QED) is 0.312. The molecule has 1 atom stereocenters. The first-order valence-corrected chi connectivity index (χ1v) is 13.2. The number of nitrogens with one attached hydrogen (secondary N) is 1. The topological polar surface area (TPSA) is 129 Å². The van der Waals surface area contributed by atoms with Gasteiger partial charge in [0.05, 0.1) is 29.1 Å². The highest BCUT2D eigenvalue weighted by molar-refractivity contribution is 5.77. The van der Waals surface area contributed by atoms with Crippen molar-refractivity contribution in [1.29, 1.82) is 0 Å². The molecule has 13 nitrogen and oxygen atoms in total. The Balaban J connectivity index is 1.46. The van der Waals surface area contributed by atoms with E-state index < -0.39 is 0 Å². The number of pyridine rings is 1. The first-order valence-electron chi connectivity index (χ1n) is 13.2. The van der Waals surface area contributed by atoms with E-state index in [-0.39, 0.29) is 22.0 Å². The zero-order valence-electron chi connectivity index (χ0n) is 23.9. The monoisotopic (exact) mass is 548 g/mol. The highest BCUT2D eigenvalue weighted by Gasteiger charge is 2.48. The molecule has 0 saturated carbocycles. The number of ether oxygens (including phenoxy) is 1. The van der Waals surface area contributed by atoms with Crippen LogP contribution < -0.4 is 19.9 Å². The van der Waals surface area contributed by atoms with Gasteiger partial charge >= 0.3 is 0 Å². The molecule has 1 N–H and O–H groups in total. The lowest BCUT2D eigenvalue weighted by atomic mass is 9.85. The molecule has 0 radical (unpaired) electrons. The lowest BCUT2D eigenvalue weighted by Gasteiger charge is -2.24. The Bertz CT molecular complexity index is 1420. The first-order chi connectivity index (χ1) is 19.1. The number of aryl methyl sites for hydroxylation is 1. The van der Waals surface area contributed by atoms with Crippen LogP contribution in [0.5, 0.6) is 5.75 Å². The number of likely N-dealkylation sites (N-methyl/N-ethyl adjacent to an activating group) is 3. The molecule has 0 amide bonds. The number of likely N-dealkylation sites (tertiary alicyclic amines) is 1. The summed E-state index contributed by atoms with van der Waals surface area (Å²) in [5.41, 5.74) is 3.79. The molecule has 1 saturated heterocycles. The molecule has 4 heterocycles. The van der Waals surface area contributed by atoms with Gasteiger partial charge in [0.15, 0.2) is 0 Å². The van der Waals surface area contributed by atoms with Crippen molar-refractivity contribution in [1.82, 2.24) is 29.7 Å². The molecule has 40 heavy (non-hydrogen) atoms. The molecular weight excluding hydrogens is 512 g/mol. The van der Waals surface area contributed by atoms with E-state index in [1.165, 1.54) is 19.5 Å². The summed E-state index contributed by atoms with van der Waals surface area (Å²) in [5.74, 6) is 1.19. The summed E-state index contributed by atoms with van der Waals surface area (Å²) in [6.07, 6.45) is 2.46. The SMILES string of the molecule is COc1cc(N(C)CCN(C)C)c([N+](=O)[O-])cc1Nc1ncnc(N2CC3(CCN(C)C3)c3nc(C)ccc32)n1. The van der Waals surface area contributed by atoms with Crippen molar-refractivity contribution in [2.45, 2.75) is 18.8 Å². The van der Waals surface area contributed by atoms with Gasteiger partial charge in [0.2, 0.25) is 11.9 Å². The second kappa shape index (κ2) is 10.8. The van der Waals surface area contributed by atoms with E-state index >= 15 is 0 Å². The van der Waals surface area contributed by atoms with E-state index in [2.05, 4.69) is 38.2 Å². The van der Waals surface area contributed by atoms with Gasteiger partial charge in [-0.3, -0.25) is 15.1 Å². The predicted molar refractivity (Wildman–Crippen MR) is 154 cm³/mol. The van der Waals surface area contributed by atoms with Gasteiger partial charge in [-0.15, -0.1) is 0 Å². The van der Waals surface area contributed by atoms with Crippen LogP contribution in [0.15, 0.2) is 30.6 Å². The number of nitro groups is 1. The van der Waals surface area contributed by atoms with Crippen LogP contribution in [-0.2, 0) is 5.41 Å². The fraction of sp³-hybridized carbons (Fsp3) is 0.481. The van der Waals surface area contributed by atoms with Crippen molar-refractivity contribution in [3.63, 3.8) is 0 Å². The lowest BCUT2D eigenvalue weighted by molar-refractivity contribution is -0.384. The van der Waals surface area contributed by atoms with Gasteiger partial charge in [-0.1, -0.05) is 0 Å². The molecule has 5 rings (SSSR count). The Hall–Kier alpha value is -4.10. The average Bonchev–Trinajstić information content (AvgIpc) is 3.46. The molecule has 212 valence electrons. The number of hydrogen-bond acceptors (Lipinski definition) is 12. The van der Waals surface area contributed by atoms with Crippen LogP contribution in [0.2, 0.25) is 0 Å². The zero-order chi connectivity index (χ0) is 28.6. The van der Waals surface area contributed by atoms with E-state index in [0.29, 0.717) is 29.6 Å². The smallest absolute Gasteiger partial charge is 0.294 e. The van der Waals surface area contributed by atoms with Gasteiger partial charge < -0.3 is 29.7 Å². The second-order valence-corrected chi connectivity index (χ2v) is 10.9. The molecule has 1 spiro atoms. The van der Waals surface area contributed by atoms with Crippen LogP contribution in [0.3, 0.4) is 0 Å². The summed E-state index contributed by atoms with van der Waals surface area (Å²) in [6.45, 7) is 6.01. The zero-order valence-corrected chi connectivity index (χ0v) is 23.9. The van der Waals surface area contributed by atoms with Crippen LogP contribution in [0, 0.1) is 17.0 Å². The van der Waals surface area contributed by atoms with Crippen molar-refractivity contribution >= 4 is 34.6 Å². The molecule has 2 aromatic heterocycles. The molecular formula is C27H36N10O3. The number of methoxy groups -OCH3 is 1. The summed E-state index contributed by atoms with van der Waals surface area (Å²) in [5, 5.41) is 15.2. The van der Waals surface area contributed by atoms with Crippen molar-refractivity contribution in [2.75, 3.05) is 83.1 Å². The number of nitro benzene ring substituents is 1. The van der Waals surface area contributed by atoms with Gasteiger partial charge in [-0.25, -0.2) is 9.97 Å². The Morgan fingerprint density at radius 3 is 2.62 bits per heavy atom. The molecule has 2 aliphatic heterocycles. The van der Waals surface area contributed by atoms with Crippen LogP contribution in [-0.4, -0.2) is 103 Å². The Morgan fingerprint density at radius 2 is 1.95 bits per heavy atom. The molecule has 1 unspecified atom stereocenters. The number of benzene rings is 1. The summed E-state index contributed by atoms with van der Waals surface area (Å²) in [4.78, 5) is 38.4. The van der Waals surface area contributed by atoms with Gasteiger partial charge in [-0.05, 0) is 53.2 Å². The maximum absolute atomic E-state index is 12.0. The minimum atomic E-state index is -0.390. The fourth-order valence-electron chi connectivity index (χ4n) is 5.55. The van der Waals surface area contributed by atoms with Crippen LogP contribution in [0.1, 0.15) is 17.8 Å². The minimum Gasteiger partial charge on any atom is -0.494 e. The van der Waals surface area contributed by atoms with E-state index in [0.717, 1.165) is 49.7 Å². The number of aromatic nitrogens is 4. The average molecular weight is 549 g/mol. The van der Waals surface area contributed by atoms with E-state index in [1.807, 2.05) is 43.9 Å². The number of fused-ring (bicyclic) bond motifs is 2. The van der Waals surface area contributed by atoms with Crippen molar-refractivity contribution in [2.24, 2.45) is 0 Å². The van der Waals surface area contributed by atoms with Gasteiger partial charge in [-0.2, -0.15) is 4.98 Å². The van der Waals surface area contributed by atoms with Crippen molar-refractivity contribution in [3.8, 4) is 5.75 Å². The summed E-state index contributed by atoms with van der Waals surface area (Å²) >= 11 is 0. The molecule has 2 aliphatic rings. The molecule has 13 heteroatoms. The third-order valence-corrected chi connectivity index (χ3v) is 7.65. The Morgan fingerprint density at radius 1 is 1.15 bits per heavy atom. The first kappa shape index (κ1) is 27.5. The molecule has 0 bridgehead atoms. The lowest BCUT2D eigenvalue weighted by Crippen LogP contribution is -2.35. The summed E-state index contributed by atoms with van der Waals surface area (Å²) in [7, 11) is 9.42. The normalized spacial score (nSPS) is 18.4. The Kier molecular flexibility index (Phi) is 7.43. The van der Waals surface area contributed by atoms with Crippen LogP contribution in [0.4, 0.5) is 34.6 Å². The number of hydrogen-bond donors (Lipinski definition) is 1. The Labute approximate surface area is 234 Å². The fourth-order valence-corrected chi connectivity index (χ4v) is 5.55. The third kappa shape index (κ3) is 5.21. The maximum atomic E-state index is 12.0. The third-order valence-electron chi connectivity index (χ3n) is 7.65. The van der Waals surface area contributed by atoms with Gasteiger partial charge in [0.25, 0.3) is 5.69 Å². The van der Waals surface area contributed by atoms with Crippen molar-refractivity contribution < 1.29 is 9.66 Å². The number of anilines is 5. The van der Waals surface area contributed by atoms with Gasteiger partial charge in [0.1, 0.15) is 17.8 Å². The highest BCUT2D eigenvalue weighted by Crippen LogP contribution is 2.47. The largest absolute Gasteiger partial charge is 0.494 e. The van der Waals surface area contributed by atoms with Crippen molar-refractivity contribution in [3.05, 3.63) is 52.1 Å². The molecule has 1 fully saturated rings. The standard InChI is InChI=1S/C27H36N10O3/c1-18-7-8-20-24(30-18)27(9-10-34(4)15-27)16-36(20)26-29-17-28-25(32-26)31-19-13-22(37(38)39)21(14-23(19)40-6)35(5)12-11-33(2)3/h7-8,13-14,17H,9-12,15-16H2,1-6H3,(H,28,29,31,32).